The third-order valence-electron chi connectivity index (χ3n) is 3.18. The average molecular weight is 264 g/mol. The summed E-state index contributed by atoms with van der Waals surface area (Å²) >= 11 is 0. The standard InChI is InChI=1S/C17H16N2O/c1-12-8-9-13(2)16(10-12)19-17(20)15(11-18)14-6-4-3-5-7-14/h3-10,15H,1-2H3,(H,19,20). The summed E-state index contributed by atoms with van der Waals surface area (Å²) in [6.07, 6.45) is 0. The normalized spacial score (nSPS) is 11.4. The predicted octanol–water partition coefficient (Wildman–Crippen LogP) is 3.55. The van der Waals surface area contributed by atoms with E-state index in [1.54, 1.807) is 12.1 Å². The number of benzene rings is 2. The molecule has 3 heteroatoms. The van der Waals surface area contributed by atoms with E-state index in [4.69, 9.17) is 0 Å². The Morgan fingerprint density at radius 2 is 1.85 bits per heavy atom. The highest BCUT2D eigenvalue weighted by Gasteiger charge is 2.20. The number of aryl methyl sites for hydroxylation is 2. The van der Waals surface area contributed by atoms with Crippen molar-refractivity contribution in [2.24, 2.45) is 0 Å². The zero-order chi connectivity index (χ0) is 14.5. The van der Waals surface area contributed by atoms with Crippen LogP contribution in [-0.4, -0.2) is 5.91 Å². The zero-order valence-electron chi connectivity index (χ0n) is 11.6. The van der Waals surface area contributed by atoms with Gasteiger partial charge in [0.1, 0.15) is 0 Å². The van der Waals surface area contributed by atoms with Gasteiger partial charge in [-0.2, -0.15) is 5.26 Å². The third-order valence-corrected chi connectivity index (χ3v) is 3.18. The van der Waals surface area contributed by atoms with Gasteiger partial charge >= 0.3 is 0 Å². The second-order valence-electron chi connectivity index (χ2n) is 4.78. The maximum Gasteiger partial charge on any atom is 0.246 e. The molecule has 3 nitrogen and oxygen atoms in total. The highest BCUT2D eigenvalue weighted by atomic mass is 16.1. The van der Waals surface area contributed by atoms with Crippen molar-refractivity contribution < 1.29 is 4.79 Å². The van der Waals surface area contributed by atoms with Crippen molar-refractivity contribution in [3.63, 3.8) is 0 Å². The van der Waals surface area contributed by atoms with Gasteiger partial charge in [-0.25, -0.2) is 0 Å². The van der Waals surface area contributed by atoms with Crippen LogP contribution < -0.4 is 5.32 Å². The Balaban J connectivity index is 2.23. The van der Waals surface area contributed by atoms with Gasteiger partial charge < -0.3 is 5.32 Å². The Kier molecular flexibility index (Phi) is 4.17. The van der Waals surface area contributed by atoms with Gasteiger partial charge in [0.15, 0.2) is 5.92 Å². The van der Waals surface area contributed by atoms with Crippen LogP contribution >= 0.6 is 0 Å². The number of nitriles is 1. The first-order chi connectivity index (χ1) is 9.61. The average Bonchev–Trinajstić information content (AvgIpc) is 2.45. The predicted molar refractivity (Wildman–Crippen MR) is 79.3 cm³/mol. The van der Waals surface area contributed by atoms with E-state index in [1.807, 2.05) is 50.2 Å². The zero-order valence-corrected chi connectivity index (χ0v) is 11.6. The highest BCUT2D eigenvalue weighted by Crippen LogP contribution is 2.20. The summed E-state index contributed by atoms with van der Waals surface area (Å²) in [5.74, 6) is -1.09. The Bertz CT molecular complexity index is 656. The number of carbonyl (C=O) groups is 1. The first-order valence-corrected chi connectivity index (χ1v) is 6.44. The number of hydrogen-bond acceptors (Lipinski definition) is 2. The highest BCUT2D eigenvalue weighted by molar-refractivity contribution is 5.98. The Labute approximate surface area is 118 Å². The minimum absolute atomic E-state index is 0.299. The van der Waals surface area contributed by atoms with Crippen molar-refractivity contribution in [3.8, 4) is 6.07 Å². The molecule has 0 spiro atoms. The van der Waals surface area contributed by atoms with Crippen molar-refractivity contribution in [2.75, 3.05) is 5.32 Å². The maximum atomic E-state index is 12.3. The summed E-state index contributed by atoms with van der Waals surface area (Å²) < 4.78 is 0. The fourth-order valence-electron chi connectivity index (χ4n) is 2.01. The fourth-order valence-corrected chi connectivity index (χ4v) is 2.01. The molecule has 0 fully saturated rings. The van der Waals surface area contributed by atoms with Crippen LogP contribution in [0.5, 0.6) is 0 Å². The molecule has 1 N–H and O–H groups in total. The van der Waals surface area contributed by atoms with E-state index in [9.17, 15) is 10.1 Å². The lowest BCUT2D eigenvalue weighted by molar-refractivity contribution is -0.116. The lowest BCUT2D eigenvalue weighted by Crippen LogP contribution is -2.20. The van der Waals surface area contributed by atoms with Gasteiger partial charge in [-0.15, -0.1) is 0 Å². The number of amides is 1. The van der Waals surface area contributed by atoms with Crippen molar-refractivity contribution in [1.29, 1.82) is 5.26 Å². The molecule has 0 bridgehead atoms. The molecule has 0 heterocycles. The number of anilines is 1. The SMILES string of the molecule is Cc1ccc(C)c(NC(=O)C(C#N)c2ccccc2)c1. The lowest BCUT2D eigenvalue weighted by atomic mass is 9.99. The minimum atomic E-state index is -0.795. The monoisotopic (exact) mass is 264 g/mol. The van der Waals surface area contributed by atoms with Gasteiger partial charge in [0.25, 0.3) is 0 Å². The van der Waals surface area contributed by atoms with Gasteiger partial charge in [0.2, 0.25) is 5.91 Å². The minimum Gasteiger partial charge on any atom is -0.324 e. The van der Waals surface area contributed by atoms with E-state index in [-0.39, 0.29) is 5.91 Å². The quantitative estimate of drug-likeness (QED) is 0.921. The molecule has 0 aliphatic carbocycles. The molecule has 0 aromatic heterocycles. The molecule has 1 unspecified atom stereocenters. The molecule has 2 aromatic rings. The van der Waals surface area contributed by atoms with Crippen molar-refractivity contribution in [1.82, 2.24) is 0 Å². The van der Waals surface area contributed by atoms with Gasteiger partial charge in [0, 0.05) is 5.69 Å². The van der Waals surface area contributed by atoms with Gasteiger partial charge in [-0.05, 0) is 36.6 Å². The molecule has 0 aliphatic rings. The number of hydrogen-bond donors (Lipinski definition) is 1. The Morgan fingerprint density at radius 3 is 2.50 bits per heavy atom. The summed E-state index contributed by atoms with van der Waals surface area (Å²) in [5, 5.41) is 12.1. The van der Waals surface area contributed by atoms with Gasteiger partial charge in [-0.1, -0.05) is 42.5 Å². The molecule has 1 amide bonds. The Morgan fingerprint density at radius 1 is 1.15 bits per heavy atom. The van der Waals surface area contributed by atoms with Crippen molar-refractivity contribution in [2.45, 2.75) is 19.8 Å². The van der Waals surface area contributed by atoms with E-state index in [0.717, 1.165) is 16.8 Å². The molecular formula is C17H16N2O. The van der Waals surface area contributed by atoms with Crippen LogP contribution in [0, 0.1) is 25.2 Å². The van der Waals surface area contributed by atoms with Crippen LogP contribution in [-0.2, 0) is 4.79 Å². The summed E-state index contributed by atoms with van der Waals surface area (Å²) in [6, 6.07) is 17.0. The summed E-state index contributed by atoms with van der Waals surface area (Å²) in [7, 11) is 0. The number of nitrogens with one attached hydrogen (secondary N) is 1. The topological polar surface area (TPSA) is 52.9 Å². The number of rotatable bonds is 3. The van der Waals surface area contributed by atoms with Crippen LogP contribution in [0.4, 0.5) is 5.69 Å². The molecule has 100 valence electrons. The molecule has 2 aromatic carbocycles. The number of nitrogens with zero attached hydrogens (tertiary/aromatic N) is 1. The van der Waals surface area contributed by atoms with Crippen LogP contribution in [0.2, 0.25) is 0 Å². The summed E-state index contributed by atoms with van der Waals surface area (Å²) in [6.45, 7) is 3.90. The fraction of sp³-hybridized carbons (Fsp3) is 0.176. The molecule has 2 rings (SSSR count). The number of carbonyl (C=O) groups excluding carboxylic acids is 1. The van der Waals surface area contributed by atoms with E-state index in [0.29, 0.717) is 5.56 Å². The molecule has 0 aliphatic heterocycles. The smallest absolute Gasteiger partial charge is 0.246 e. The molecular weight excluding hydrogens is 248 g/mol. The molecule has 20 heavy (non-hydrogen) atoms. The first kappa shape index (κ1) is 13.8. The van der Waals surface area contributed by atoms with E-state index >= 15 is 0 Å². The summed E-state index contributed by atoms with van der Waals surface area (Å²) in [5.41, 5.74) is 3.51. The van der Waals surface area contributed by atoms with Crippen molar-refractivity contribution in [3.05, 3.63) is 65.2 Å². The van der Waals surface area contributed by atoms with Gasteiger partial charge in [-0.3, -0.25) is 4.79 Å². The van der Waals surface area contributed by atoms with Crippen LogP contribution in [0.1, 0.15) is 22.6 Å². The molecule has 0 saturated heterocycles. The van der Waals surface area contributed by atoms with E-state index < -0.39 is 5.92 Å². The van der Waals surface area contributed by atoms with Gasteiger partial charge in [0.05, 0.1) is 6.07 Å². The second-order valence-corrected chi connectivity index (χ2v) is 4.78. The van der Waals surface area contributed by atoms with Crippen LogP contribution in [0.3, 0.4) is 0 Å². The van der Waals surface area contributed by atoms with Crippen molar-refractivity contribution >= 4 is 11.6 Å². The first-order valence-electron chi connectivity index (χ1n) is 6.44. The van der Waals surface area contributed by atoms with E-state index in [2.05, 4.69) is 11.4 Å². The van der Waals surface area contributed by atoms with Crippen LogP contribution in [0.25, 0.3) is 0 Å². The molecule has 1 atom stereocenters. The largest absolute Gasteiger partial charge is 0.324 e. The molecule has 0 radical (unpaired) electrons. The van der Waals surface area contributed by atoms with Crippen LogP contribution in [0.15, 0.2) is 48.5 Å². The van der Waals surface area contributed by atoms with E-state index in [1.165, 1.54) is 0 Å². The molecule has 0 saturated carbocycles. The Hall–Kier alpha value is -2.60. The third kappa shape index (κ3) is 3.04. The summed E-state index contributed by atoms with van der Waals surface area (Å²) in [4.78, 5) is 12.3. The maximum absolute atomic E-state index is 12.3. The second kappa shape index (κ2) is 6.03. The lowest BCUT2D eigenvalue weighted by Gasteiger charge is -2.13.